The minimum absolute atomic E-state index is 0.0136. The number of benzene rings is 2. The summed E-state index contributed by atoms with van der Waals surface area (Å²) in [5, 5.41) is 3.30. The lowest BCUT2D eigenvalue weighted by atomic mass is 10.1. The van der Waals surface area contributed by atoms with Gasteiger partial charge in [0.1, 0.15) is 11.5 Å². The Balaban J connectivity index is 1.77. The van der Waals surface area contributed by atoms with Crippen molar-refractivity contribution in [3.05, 3.63) is 53.1 Å². The zero-order chi connectivity index (χ0) is 18.2. The molecule has 0 radical (unpaired) electrons. The Morgan fingerprint density at radius 2 is 1.84 bits per heavy atom. The Bertz CT molecular complexity index is 744. The molecule has 0 aliphatic heterocycles. The molecule has 0 spiro atoms. The number of hydrogen-bond donors (Lipinski definition) is 1. The summed E-state index contributed by atoms with van der Waals surface area (Å²) in [6.07, 6.45) is 0.865. The molecule has 0 saturated heterocycles. The normalized spacial score (nSPS) is 10.2. The molecule has 0 fully saturated rings. The first-order valence-electron chi connectivity index (χ1n) is 7.87. The van der Waals surface area contributed by atoms with Crippen molar-refractivity contribution >= 4 is 29.0 Å². The molecule has 0 saturated carbocycles. The second kappa shape index (κ2) is 9.08. The van der Waals surface area contributed by atoms with Gasteiger partial charge in [-0.2, -0.15) is 0 Å². The maximum absolute atomic E-state index is 12.0. The van der Waals surface area contributed by atoms with Crippen LogP contribution in [0.25, 0.3) is 0 Å². The molecule has 5 nitrogen and oxygen atoms in total. The third-order valence-electron chi connectivity index (χ3n) is 3.51. The number of halogens is 1. The summed E-state index contributed by atoms with van der Waals surface area (Å²) in [4.78, 5) is 23.2. The summed E-state index contributed by atoms with van der Waals surface area (Å²) in [6, 6.07) is 12.0. The van der Waals surface area contributed by atoms with E-state index in [1.54, 1.807) is 42.5 Å². The topological polar surface area (TPSA) is 64.6 Å². The van der Waals surface area contributed by atoms with E-state index in [0.29, 0.717) is 47.2 Å². The third kappa shape index (κ3) is 5.80. The molecule has 2 aromatic rings. The smallest absolute Gasteiger partial charge is 0.224 e. The fourth-order valence-electron chi connectivity index (χ4n) is 2.20. The molecular weight excluding hydrogens is 342 g/mol. The largest absolute Gasteiger partial charge is 0.495 e. The minimum Gasteiger partial charge on any atom is -0.495 e. The van der Waals surface area contributed by atoms with E-state index >= 15 is 0 Å². The second-order valence-corrected chi connectivity index (χ2v) is 5.86. The molecule has 2 aromatic carbocycles. The average molecular weight is 362 g/mol. The van der Waals surface area contributed by atoms with Gasteiger partial charge in [-0.05, 0) is 55.8 Å². The SMILES string of the molecule is COc1ccc(Cl)cc1NC(=O)CCCOc1ccc(C(C)=O)cc1. The van der Waals surface area contributed by atoms with Crippen LogP contribution in [0.2, 0.25) is 5.02 Å². The fourth-order valence-corrected chi connectivity index (χ4v) is 2.37. The number of carbonyl (C=O) groups excluding carboxylic acids is 2. The van der Waals surface area contributed by atoms with Crippen LogP contribution in [0.3, 0.4) is 0 Å². The Hall–Kier alpha value is -2.53. The monoisotopic (exact) mass is 361 g/mol. The number of ether oxygens (including phenoxy) is 2. The van der Waals surface area contributed by atoms with Crippen LogP contribution in [-0.2, 0) is 4.79 Å². The first kappa shape index (κ1) is 18.8. The van der Waals surface area contributed by atoms with Crippen molar-refractivity contribution in [1.29, 1.82) is 0 Å². The van der Waals surface area contributed by atoms with Gasteiger partial charge >= 0.3 is 0 Å². The number of carbonyl (C=O) groups is 2. The molecule has 132 valence electrons. The molecule has 6 heteroatoms. The van der Waals surface area contributed by atoms with Crippen molar-refractivity contribution in [2.75, 3.05) is 19.0 Å². The van der Waals surface area contributed by atoms with Gasteiger partial charge in [0.15, 0.2) is 5.78 Å². The first-order chi connectivity index (χ1) is 12.0. The van der Waals surface area contributed by atoms with Crippen LogP contribution in [0.15, 0.2) is 42.5 Å². The highest BCUT2D eigenvalue weighted by atomic mass is 35.5. The number of rotatable bonds is 8. The van der Waals surface area contributed by atoms with E-state index in [2.05, 4.69) is 5.32 Å². The summed E-state index contributed by atoms with van der Waals surface area (Å²) < 4.78 is 10.8. The maximum atomic E-state index is 12.0. The van der Waals surface area contributed by atoms with Gasteiger partial charge in [0.25, 0.3) is 0 Å². The number of nitrogens with one attached hydrogen (secondary N) is 1. The standard InChI is InChI=1S/C19H20ClNO4/c1-13(22)14-5-8-16(9-6-14)25-11-3-4-19(23)21-17-12-15(20)7-10-18(17)24-2/h5-10,12H,3-4,11H2,1-2H3,(H,21,23). The number of ketones is 1. The Morgan fingerprint density at radius 1 is 1.12 bits per heavy atom. The van der Waals surface area contributed by atoms with E-state index in [4.69, 9.17) is 21.1 Å². The lowest BCUT2D eigenvalue weighted by Gasteiger charge is -2.11. The van der Waals surface area contributed by atoms with Crippen molar-refractivity contribution in [1.82, 2.24) is 0 Å². The van der Waals surface area contributed by atoms with Crippen LogP contribution in [0.1, 0.15) is 30.1 Å². The summed E-state index contributed by atoms with van der Waals surface area (Å²) in [7, 11) is 1.53. The van der Waals surface area contributed by atoms with E-state index in [0.717, 1.165) is 0 Å². The van der Waals surface area contributed by atoms with Gasteiger partial charge in [-0.1, -0.05) is 11.6 Å². The first-order valence-corrected chi connectivity index (χ1v) is 8.24. The Kier molecular flexibility index (Phi) is 6.83. The van der Waals surface area contributed by atoms with Crippen molar-refractivity contribution in [3.8, 4) is 11.5 Å². The van der Waals surface area contributed by atoms with Crippen LogP contribution in [-0.4, -0.2) is 25.4 Å². The lowest BCUT2D eigenvalue weighted by Crippen LogP contribution is -2.13. The van der Waals surface area contributed by atoms with Crippen LogP contribution < -0.4 is 14.8 Å². The number of Topliss-reactive ketones (excluding diaryl/α,β-unsaturated/α-hetero) is 1. The molecule has 1 amide bonds. The van der Waals surface area contributed by atoms with E-state index < -0.39 is 0 Å². The van der Waals surface area contributed by atoms with Crippen LogP contribution in [0, 0.1) is 0 Å². The van der Waals surface area contributed by atoms with Crippen molar-refractivity contribution in [2.45, 2.75) is 19.8 Å². The highest BCUT2D eigenvalue weighted by Gasteiger charge is 2.08. The van der Waals surface area contributed by atoms with Gasteiger partial charge in [-0.15, -0.1) is 0 Å². The van der Waals surface area contributed by atoms with Crippen molar-refractivity contribution in [3.63, 3.8) is 0 Å². The maximum Gasteiger partial charge on any atom is 0.224 e. The minimum atomic E-state index is -0.143. The van der Waals surface area contributed by atoms with Gasteiger partial charge in [-0.3, -0.25) is 9.59 Å². The van der Waals surface area contributed by atoms with Crippen LogP contribution >= 0.6 is 11.6 Å². The van der Waals surface area contributed by atoms with E-state index in [1.807, 2.05) is 0 Å². The molecular formula is C19H20ClNO4. The number of hydrogen-bond acceptors (Lipinski definition) is 4. The third-order valence-corrected chi connectivity index (χ3v) is 3.75. The predicted molar refractivity (Wildman–Crippen MR) is 97.8 cm³/mol. The molecule has 0 aliphatic carbocycles. The van der Waals surface area contributed by atoms with Gasteiger partial charge < -0.3 is 14.8 Å². The quantitative estimate of drug-likeness (QED) is 0.560. The molecule has 2 rings (SSSR count). The fraction of sp³-hybridized carbons (Fsp3) is 0.263. The van der Waals surface area contributed by atoms with E-state index in [-0.39, 0.29) is 11.7 Å². The van der Waals surface area contributed by atoms with Gasteiger partial charge in [0.05, 0.1) is 19.4 Å². The van der Waals surface area contributed by atoms with Crippen molar-refractivity contribution in [2.24, 2.45) is 0 Å². The summed E-state index contributed by atoms with van der Waals surface area (Å²) >= 11 is 5.93. The molecule has 0 atom stereocenters. The zero-order valence-electron chi connectivity index (χ0n) is 14.2. The number of amides is 1. The summed E-state index contributed by atoms with van der Waals surface area (Å²) in [5.41, 5.74) is 1.18. The second-order valence-electron chi connectivity index (χ2n) is 5.43. The number of methoxy groups -OCH3 is 1. The predicted octanol–water partition coefficient (Wildman–Crippen LogP) is 4.35. The van der Waals surface area contributed by atoms with Crippen molar-refractivity contribution < 1.29 is 19.1 Å². The molecule has 0 aromatic heterocycles. The Labute approximate surface area is 151 Å². The number of anilines is 1. The molecule has 0 unspecified atom stereocenters. The van der Waals surface area contributed by atoms with Gasteiger partial charge in [-0.25, -0.2) is 0 Å². The molecule has 0 bridgehead atoms. The lowest BCUT2D eigenvalue weighted by molar-refractivity contribution is -0.116. The zero-order valence-corrected chi connectivity index (χ0v) is 14.9. The summed E-state index contributed by atoms with van der Waals surface area (Å²) in [6.45, 7) is 1.92. The molecule has 1 N–H and O–H groups in total. The Morgan fingerprint density at radius 3 is 2.48 bits per heavy atom. The summed E-state index contributed by atoms with van der Waals surface area (Å²) in [5.74, 6) is 1.09. The van der Waals surface area contributed by atoms with Crippen LogP contribution in [0.5, 0.6) is 11.5 Å². The highest BCUT2D eigenvalue weighted by molar-refractivity contribution is 6.31. The van der Waals surface area contributed by atoms with Gasteiger partial charge in [0.2, 0.25) is 5.91 Å². The van der Waals surface area contributed by atoms with Gasteiger partial charge in [0, 0.05) is 17.0 Å². The molecule has 0 aliphatic rings. The average Bonchev–Trinajstić information content (AvgIpc) is 2.59. The highest BCUT2D eigenvalue weighted by Crippen LogP contribution is 2.27. The van der Waals surface area contributed by atoms with E-state index in [1.165, 1.54) is 14.0 Å². The molecule has 25 heavy (non-hydrogen) atoms. The van der Waals surface area contributed by atoms with E-state index in [9.17, 15) is 9.59 Å². The molecule has 0 heterocycles. The van der Waals surface area contributed by atoms with Crippen LogP contribution in [0.4, 0.5) is 5.69 Å².